The summed E-state index contributed by atoms with van der Waals surface area (Å²) in [5.74, 6) is 0. The minimum Gasteiger partial charge on any atom is -0.329 e. The maximum Gasteiger partial charge on any atom is 0.178 e. The van der Waals surface area contributed by atoms with Gasteiger partial charge >= 0.3 is 0 Å². The van der Waals surface area contributed by atoms with E-state index in [1.165, 1.54) is 4.88 Å². The molecule has 1 atom stereocenters. The Morgan fingerprint density at radius 3 is 2.95 bits per heavy atom. The molecule has 0 spiro atoms. The number of fused-ring (bicyclic) bond motifs is 1. The number of imidazole rings is 1. The van der Waals surface area contributed by atoms with Gasteiger partial charge in [0, 0.05) is 17.3 Å². The summed E-state index contributed by atoms with van der Waals surface area (Å²) in [4.78, 5) is 4.57. The van der Waals surface area contributed by atoms with Gasteiger partial charge in [-0.2, -0.15) is 0 Å². The molecule has 1 N–H and O–H groups in total. The van der Waals surface area contributed by atoms with E-state index in [1.54, 1.807) is 11.3 Å². The summed E-state index contributed by atoms with van der Waals surface area (Å²) < 4.78 is 2.88. The molecule has 19 heavy (non-hydrogen) atoms. The van der Waals surface area contributed by atoms with Gasteiger partial charge in [-0.25, -0.2) is 0 Å². The molecular weight excluding hydrogens is 296 g/mol. The molecule has 3 rings (SSSR count). The molecular formula is C14H13ClN2S2. The van der Waals surface area contributed by atoms with E-state index in [0.29, 0.717) is 11.1 Å². The molecule has 0 fully saturated rings. The molecule has 2 heterocycles. The summed E-state index contributed by atoms with van der Waals surface area (Å²) in [7, 11) is 0. The maximum atomic E-state index is 6.20. The van der Waals surface area contributed by atoms with Crippen LogP contribution in [0.3, 0.4) is 0 Å². The Hall–Kier alpha value is -1.10. The first-order chi connectivity index (χ1) is 9.16. The summed E-state index contributed by atoms with van der Waals surface area (Å²) in [6, 6.07) is 10.4. The summed E-state index contributed by atoms with van der Waals surface area (Å²) >= 11 is 13.4. The zero-order valence-electron chi connectivity index (χ0n) is 10.4. The van der Waals surface area contributed by atoms with Crippen molar-refractivity contribution in [3.8, 4) is 0 Å². The van der Waals surface area contributed by atoms with Crippen LogP contribution < -0.4 is 0 Å². The van der Waals surface area contributed by atoms with Crippen molar-refractivity contribution in [1.82, 2.24) is 9.55 Å². The van der Waals surface area contributed by atoms with Gasteiger partial charge in [0.2, 0.25) is 0 Å². The van der Waals surface area contributed by atoms with Gasteiger partial charge in [0.1, 0.15) is 0 Å². The number of nitrogens with zero attached hydrogens (tertiary/aromatic N) is 1. The highest BCUT2D eigenvalue weighted by Gasteiger charge is 2.13. The number of halogens is 1. The second-order valence-electron chi connectivity index (χ2n) is 4.57. The van der Waals surface area contributed by atoms with Crippen LogP contribution in [0.15, 0.2) is 35.7 Å². The predicted molar refractivity (Wildman–Crippen MR) is 84.9 cm³/mol. The predicted octanol–water partition coefficient (Wildman–Crippen LogP) is 5.22. The van der Waals surface area contributed by atoms with Crippen LogP contribution in [0.25, 0.3) is 11.0 Å². The molecule has 3 aromatic rings. The molecule has 0 aliphatic rings. The van der Waals surface area contributed by atoms with Crippen molar-refractivity contribution < 1.29 is 0 Å². The van der Waals surface area contributed by atoms with Crippen LogP contribution in [0.1, 0.15) is 17.8 Å². The topological polar surface area (TPSA) is 20.7 Å². The second kappa shape index (κ2) is 5.12. The van der Waals surface area contributed by atoms with Crippen LogP contribution in [0, 0.1) is 4.77 Å². The molecule has 0 aliphatic heterocycles. The number of thiophene rings is 1. The van der Waals surface area contributed by atoms with Crippen molar-refractivity contribution in [2.24, 2.45) is 0 Å². The van der Waals surface area contributed by atoms with Crippen LogP contribution in [0.2, 0.25) is 5.02 Å². The molecule has 0 saturated heterocycles. The third kappa shape index (κ3) is 2.36. The van der Waals surface area contributed by atoms with Crippen LogP contribution in [0.5, 0.6) is 0 Å². The van der Waals surface area contributed by atoms with Gasteiger partial charge in [-0.3, -0.25) is 0 Å². The fraction of sp³-hybridized carbons (Fsp3) is 0.214. The molecule has 98 valence electrons. The zero-order valence-corrected chi connectivity index (χ0v) is 12.8. The van der Waals surface area contributed by atoms with E-state index < -0.39 is 0 Å². The molecule has 0 saturated carbocycles. The van der Waals surface area contributed by atoms with Gasteiger partial charge in [0.15, 0.2) is 4.77 Å². The summed E-state index contributed by atoms with van der Waals surface area (Å²) in [6.07, 6.45) is 0.978. The monoisotopic (exact) mass is 308 g/mol. The van der Waals surface area contributed by atoms with Gasteiger partial charge in [-0.15, -0.1) is 11.3 Å². The molecule has 0 aliphatic carbocycles. The van der Waals surface area contributed by atoms with E-state index in [1.807, 2.05) is 12.1 Å². The van der Waals surface area contributed by atoms with Crippen molar-refractivity contribution in [2.75, 3.05) is 0 Å². The average Bonchev–Trinajstić information content (AvgIpc) is 2.96. The third-order valence-corrected chi connectivity index (χ3v) is 4.73. The number of H-pyrrole nitrogens is 1. The SMILES string of the molecule is CC(Cc1cccs1)n1c(=S)[nH]c2c(Cl)cccc21. The average molecular weight is 309 g/mol. The normalized spacial score (nSPS) is 12.9. The highest BCUT2D eigenvalue weighted by atomic mass is 35.5. The van der Waals surface area contributed by atoms with Gasteiger partial charge in [-0.05, 0) is 42.7 Å². The number of nitrogens with one attached hydrogen (secondary N) is 1. The van der Waals surface area contributed by atoms with Gasteiger partial charge < -0.3 is 9.55 Å². The van der Waals surface area contributed by atoms with Crippen molar-refractivity contribution in [3.63, 3.8) is 0 Å². The van der Waals surface area contributed by atoms with E-state index in [0.717, 1.165) is 22.2 Å². The Labute approximate surface area is 125 Å². The smallest absolute Gasteiger partial charge is 0.178 e. The number of rotatable bonds is 3. The van der Waals surface area contributed by atoms with E-state index in [9.17, 15) is 0 Å². The van der Waals surface area contributed by atoms with Crippen molar-refractivity contribution in [3.05, 3.63) is 50.4 Å². The third-order valence-electron chi connectivity index (χ3n) is 3.22. The Morgan fingerprint density at radius 1 is 1.37 bits per heavy atom. The molecule has 0 amide bonds. The Balaban J connectivity index is 2.07. The lowest BCUT2D eigenvalue weighted by Crippen LogP contribution is -2.07. The van der Waals surface area contributed by atoms with Gasteiger partial charge in [0.05, 0.1) is 16.1 Å². The number of hydrogen-bond donors (Lipinski definition) is 1. The Bertz CT molecular complexity index is 755. The molecule has 2 nitrogen and oxygen atoms in total. The summed E-state index contributed by atoms with van der Waals surface area (Å²) in [5, 5.41) is 2.82. The summed E-state index contributed by atoms with van der Waals surface area (Å²) in [5.41, 5.74) is 1.99. The quantitative estimate of drug-likeness (QED) is 0.658. The van der Waals surface area contributed by atoms with E-state index in [-0.39, 0.29) is 0 Å². The Kier molecular flexibility index (Phi) is 3.48. The van der Waals surface area contributed by atoms with Crippen LogP contribution >= 0.6 is 35.2 Å². The molecule has 0 bridgehead atoms. The van der Waals surface area contributed by atoms with Crippen molar-refractivity contribution >= 4 is 46.2 Å². The molecule has 2 aromatic heterocycles. The summed E-state index contributed by atoms with van der Waals surface area (Å²) in [6.45, 7) is 2.18. The lowest BCUT2D eigenvalue weighted by Gasteiger charge is -2.13. The van der Waals surface area contributed by atoms with Crippen LogP contribution in [-0.2, 0) is 6.42 Å². The number of benzene rings is 1. The van der Waals surface area contributed by atoms with E-state index in [2.05, 4.69) is 40.1 Å². The van der Waals surface area contributed by atoms with Crippen molar-refractivity contribution in [2.45, 2.75) is 19.4 Å². The maximum absolute atomic E-state index is 6.20. The second-order valence-corrected chi connectivity index (χ2v) is 6.39. The van der Waals surface area contributed by atoms with Crippen LogP contribution in [-0.4, -0.2) is 9.55 Å². The standard InChI is InChI=1S/C14H13ClN2S2/c1-9(8-10-4-3-7-19-10)17-12-6-2-5-11(15)13(12)16-14(17)18/h2-7,9H,8H2,1H3,(H,16,18). The first-order valence-corrected chi connectivity index (χ1v) is 7.74. The fourth-order valence-corrected chi connectivity index (χ4v) is 3.79. The Morgan fingerprint density at radius 2 is 2.21 bits per heavy atom. The zero-order chi connectivity index (χ0) is 13.4. The number of aromatic amines is 1. The van der Waals surface area contributed by atoms with Gasteiger partial charge in [0.25, 0.3) is 0 Å². The highest BCUT2D eigenvalue weighted by Crippen LogP contribution is 2.27. The minimum absolute atomic E-state index is 0.304. The number of hydrogen-bond acceptors (Lipinski definition) is 2. The van der Waals surface area contributed by atoms with Crippen molar-refractivity contribution in [1.29, 1.82) is 0 Å². The highest BCUT2D eigenvalue weighted by molar-refractivity contribution is 7.71. The van der Waals surface area contributed by atoms with Gasteiger partial charge in [-0.1, -0.05) is 23.7 Å². The lowest BCUT2D eigenvalue weighted by molar-refractivity contribution is 0.557. The lowest BCUT2D eigenvalue weighted by atomic mass is 10.2. The van der Waals surface area contributed by atoms with Crippen LogP contribution in [0.4, 0.5) is 0 Å². The fourth-order valence-electron chi connectivity index (χ4n) is 2.36. The molecule has 0 radical (unpaired) electrons. The first kappa shape index (κ1) is 12.9. The number of aromatic nitrogens is 2. The molecule has 5 heteroatoms. The molecule has 1 aromatic carbocycles. The largest absolute Gasteiger partial charge is 0.329 e. The minimum atomic E-state index is 0.304. The number of para-hydroxylation sites is 1. The molecule has 1 unspecified atom stereocenters. The van der Waals surface area contributed by atoms with E-state index >= 15 is 0 Å². The first-order valence-electron chi connectivity index (χ1n) is 6.08. The van der Waals surface area contributed by atoms with E-state index in [4.69, 9.17) is 23.8 Å².